The Morgan fingerprint density at radius 3 is 2.58 bits per heavy atom. The maximum absolute atomic E-state index is 14.9. The number of aromatic nitrogens is 8. The molecule has 0 aliphatic heterocycles. The molecule has 1 aliphatic carbocycles. The van der Waals surface area contributed by atoms with Gasteiger partial charge >= 0.3 is 0 Å². The molecule has 1 aromatic carbocycles. The van der Waals surface area contributed by atoms with Crippen molar-refractivity contribution in [1.82, 2.24) is 39.9 Å². The molecule has 6 rings (SSSR count). The van der Waals surface area contributed by atoms with Gasteiger partial charge in [-0.25, -0.2) is 9.07 Å². The van der Waals surface area contributed by atoms with Crippen molar-refractivity contribution >= 4 is 5.70 Å². The van der Waals surface area contributed by atoms with Crippen LogP contribution in [0, 0.1) is 0 Å². The molecule has 0 bridgehead atoms. The molecule has 0 radical (unpaired) electrons. The zero-order valence-corrected chi connectivity index (χ0v) is 18.9. The minimum absolute atomic E-state index is 0.179. The Morgan fingerprint density at radius 1 is 0.944 bits per heavy atom. The van der Waals surface area contributed by atoms with Crippen molar-refractivity contribution in [2.75, 3.05) is 0 Å². The summed E-state index contributed by atoms with van der Waals surface area (Å²) in [7, 11) is 0. The molecule has 0 N–H and O–H groups in total. The zero-order valence-electron chi connectivity index (χ0n) is 18.9. The third kappa shape index (κ3) is 4.16. The number of hydrogen-bond donors (Lipinski definition) is 0. The Balaban J connectivity index is 1.37. The predicted octanol–water partition coefficient (Wildman–Crippen LogP) is 4.96. The van der Waals surface area contributed by atoms with E-state index in [9.17, 15) is 4.39 Å². The van der Waals surface area contributed by atoms with E-state index in [1.54, 1.807) is 42.9 Å². The summed E-state index contributed by atoms with van der Waals surface area (Å²) in [5, 5.41) is 16.9. The van der Waals surface area contributed by atoms with E-state index < -0.39 is 5.83 Å². The fourth-order valence-corrected chi connectivity index (χ4v) is 3.91. The SMILES string of the molecule is FC1=C(n2nnc(-c3nc(-c4ccc(Cn5cccn5)cc4)no3)c2-c2ccncc2)C=CCC=C1. The van der Waals surface area contributed by atoms with E-state index in [4.69, 9.17) is 4.52 Å². The lowest BCUT2D eigenvalue weighted by molar-refractivity contribution is 0.431. The average Bonchev–Trinajstić information content (AvgIpc) is 3.66. The summed E-state index contributed by atoms with van der Waals surface area (Å²) in [4.78, 5) is 8.66. The van der Waals surface area contributed by atoms with Crippen molar-refractivity contribution in [1.29, 1.82) is 0 Å². The first-order chi connectivity index (χ1) is 17.8. The van der Waals surface area contributed by atoms with Gasteiger partial charge in [0.2, 0.25) is 5.82 Å². The summed E-state index contributed by atoms with van der Waals surface area (Å²) in [6.07, 6.45) is 14.3. The number of rotatable bonds is 6. The number of pyridine rings is 1. The Labute approximate surface area is 204 Å². The number of nitrogens with zero attached hydrogens (tertiary/aromatic N) is 8. The lowest BCUT2D eigenvalue weighted by Crippen LogP contribution is -2.02. The molecule has 0 amide bonds. The van der Waals surface area contributed by atoms with E-state index in [1.807, 2.05) is 47.3 Å². The molecular formula is C26H19FN8O. The quantitative estimate of drug-likeness (QED) is 0.340. The second-order valence-electron chi connectivity index (χ2n) is 8.03. The highest BCUT2D eigenvalue weighted by Gasteiger charge is 2.24. The van der Waals surface area contributed by atoms with Gasteiger partial charge in [-0.2, -0.15) is 10.1 Å². The normalized spacial score (nSPS) is 13.4. The largest absolute Gasteiger partial charge is 0.332 e. The molecule has 5 aromatic rings. The molecule has 0 unspecified atom stereocenters. The van der Waals surface area contributed by atoms with Crippen LogP contribution in [0.5, 0.6) is 0 Å². The number of allylic oxidation sites excluding steroid dienone is 6. The summed E-state index contributed by atoms with van der Waals surface area (Å²) in [5.41, 5.74) is 3.74. The molecule has 4 heterocycles. The average molecular weight is 478 g/mol. The van der Waals surface area contributed by atoms with Crippen LogP contribution in [0.15, 0.2) is 102 Å². The summed E-state index contributed by atoms with van der Waals surface area (Å²) in [6.45, 7) is 0.666. The van der Waals surface area contributed by atoms with Crippen LogP contribution in [0.4, 0.5) is 4.39 Å². The van der Waals surface area contributed by atoms with Gasteiger partial charge < -0.3 is 4.52 Å². The van der Waals surface area contributed by atoms with E-state index >= 15 is 0 Å². The van der Waals surface area contributed by atoms with Crippen LogP contribution in [0.1, 0.15) is 12.0 Å². The zero-order chi connectivity index (χ0) is 24.3. The van der Waals surface area contributed by atoms with Crippen LogP contribution in [0.2, 0.25) is 0 Å². The third-order valence-electron chi connectivity index (χ3n) is 5.65. The van der Waals surface area contributed by atoms with E-state index in [0.717, 1.165) is 16.7 Å². The number of hydrogen-bond acceptors (Lipinski definition) is 7. The molecule has 9 nitrogen and oxygen atoms in total. The van der Waals surface area contributed by atoms with Crippen LogP contribution < -0.4 is 0 Å². The molecule has 4 aromatic heterocycles. The molecule has 0 fully saturated rings. The number of benzene rings is 1. The van der Waals surface area contributed by atoms with Gasteiger partial charge in [0, 0.05) is 35.9 Å². The van der Waals surface area contributed by atoms with Crippen LogP contribution in [-0.4, -0.2) is 39.9 Å². The van der Waals surface area contributed by atoms with E-state index in [2.05, 4.69) is 30.5 Å². The number of halogens is 1. The van der Waals surface area contributed by atoms with Crippen molar-refractivity contribution in [3.05, 3.63) is 103 Å². The highest BCUT2D eigenvalue weighted by atomic mass is 19.1. The Morgan fingerprint density at radius 2 is 1.78 bits per heavy atom. The predicted molar refractivity (Wildman–Crippen MR) is 131 cm³/mol. The molecule has 0 saturated heterocycles. The van der Waals surface area contributed by atoms with Gasteiger partial charge in [0.25, 0.3) is 5.89 Å². The minimum Gasteiger partial charge on any atom is -0.332 e. The Hall–Kier alpha value is -4.99. The fraction of sp³-hybridized carbons (Fsp3) is 0.0769. The molecular weight excluding hydrogens is 459 g/mol. The summed E-state index contributed by atoms with van der Waals surface area (Å²) in [5.74, 6) is 0.170. The van der Waals surface area contributed by atoms with Gasteiger partial charge in [0.05, 0.1) is 6.54 Å². The van der Waals surface area contributed by atoms with Gasteiger partial charge in [-0.05, 0) is 42.3 Å². The molecule has 1 aliphatic rings. The topological polar surface area (TPSA) is 100 Å². The van der Waals surface area contributed by atoms with Crippen LogP contribution in [0.25, 0.3) is 39.9 Å². The molecule has 176 valence electrons. The standard InChI is InChI=1S/C26H19FN8O/c27-21-5-2-1-3-6-22(21)35-24(19-11-14-28-15-12-19)23(31-33-35)26-30-25(32-36-26)20-9-7-18(8-10-20)17-34-16-4-13-29-34/h2-16H,1,17H2. The van der Waals surface area contributed by atoms with Crippen LogP contribution >= 0.6 is 0 Å². The molecule has 0 spiro atoms. The van der Waals surface area contributed by atoms with Gasteiger partial charge in [-0.15, -0.1) is 5.10 Å². The Bertz CT molecular complexity index is 1580. The first kappa shape index (κ1) is 21.5. The molecule has 0 saturated carbocycles. The lowest BCUT2D eigenvalue weighted by atomic mass is 10.1. The lowest BCUT2D eigenvalue weighted by Gasteiger charge is -2.08. The van der Waals surface area contributed by atoms with Crippen molar-refractivity contribution in [2.45, 2.75) is 13.0 Å². The first-order valence-corrected chi connectivity index (χ1v) is 11.3. The monoisotopic (exact) mass is 478 g/mol. The summed E-state index contributed by atoms with van der Waals surface area (Å²) < 4.78 is 23.7. The molecule has 0 atom stereocenters. The van der Waals surface area contributed by atoms with Crippen molar-refractivity contribution < 1.29 is 8.91 Å². The maximum atomic E-state index is 14.9. The van der Waals surface area contributed by atoms with Gasteiger partial charge in [0.1, 0.15) is 17.2 Å². The van der Waals surface area contributed by atoms with Crippen LogP contribution in [0.3, 0.4) is 0 Å². The maximum Gasteiger partial charge on any atom is 0.281 e. The Kier molecular flexibility index (Phi) is 5.59. The van der Waals surface area contributed by atoms with Gasteiger partial charge in [-0.1, -0.05) is 46.8 Å². The molecule has 10 heteroatoms. The second-order valence-corrected chi connectivity index (χ2v) is 8.03. The van der Waals surface area contributed by atoms with Crippen molar-refractivity contribution in [3.8, 4) is 34.2 Å². The van der Waals surface area contributed by atoms with E-state index in [-0.39, 0.29) is 11.6 Å². The van der Waals surface area contributed by atoms with Crippen LogP contribution in [-0.2, 0) is 6.54 Å². The fourth-order valence-electron chi connectivity index (χ4n) is 3.91. The first-order valence-electron chi connectivity index (χ1n) is 11.3. The highest BCUT2D eigenvalue weighted by molar-refractivity contribution is 5.79. The summed E-state index contributed by atoms with van der Waals surface area (Å²) in [6, 6.07) is 13.3. The minimum atomic E-state index is -0.420. The smallest absolute Gasteiger partial charge is 0.281 e. The van der Waals surface area contributed by atoms with Gasteiger partial charge in [-0.3, -0.25) is 9.67 Å². The molecule has 36 heavy (non-hydrogen) atoms. The van der Waals surface area contributed by atoms with E-state index in [0.29, 0.717) is 30.2 Å². The summed E-state index contributed by atoms with van der Waals surface area (Å²) >= 11 is 0. The van der Waals surface area contributed by atoms with Gasteiger partial charge in [0.15, 0.2) is 5.69 Å². The second kappa shape index (κ2) is 9.34. The van der Waals surface area contributed by atoms with Crippen molar-refractivity contribution in [2.24, 2.45) is 0 Å². The van der Waals surface area contributed by atoms with E-state index in [1.165, 1.54) is 10.8 Å². The third-order valence-corrected chi connectivity index (χ3v) is 5.65. The highest BCUT2D eigenvalue weighted by Crippen LogP contribution is 2.33. The van der Waals surface area contributed by atoms with Crippen molar-refractivity contribution in [3.63, 3.8) is 0 Å².